The first-order chi connectivity index (χ1) is 7.05. The van der Waals surface area contributed by atoms with Gasteiger partial charge in [0.15, 0.2) is 12.7 Å². The Morgan fingerprint density at radius 1 is 1.27 bits per heavy atom. The lowest BCUT2D eigenvalue weighted by molar-refractivity contribution is -0.891. The Labute approximate surface area is 94.5 Å². The second-order valence-corrected chi connectivity index (χ2v) is 4.56. The van der Waals surface area contributed by atoms with Crippen molar-refractivity contribution in [2.24, 2.45) is 5.73 Å². The summed E-state index contributed by atoms with van der Waals surface area (Å²) in [4.78, 5) is 0. The van der Waals surface area contributed by atoms with Crippen molar-refractivity contribution >= 4 is 6.21 Å². The molecule has 0 amide bonds. The fourth-order valence-corrected chi connectivity index (χ4v) is 1.64. The van der Waals surface area contributed by atoms with Crippen LogP contribution in [-0.4, -0.2) is 55.5 Å². The van der Waals surface area contributed by atoms with Crippen molar-refractivity contribution in [1.29, 1.82) is 0 Å². The van der Waals surface area contributed by atoms with E-state index in [1.807, 2.05) is 13.1 Å². The van der Waals surface area contributed by atoms with Crippen molar-refractivity contribution in [2.45, 2.75) is 19.8 Å². The smallest absolute Gasteiger partial charge is 0.161 e. The van der Waals surface area contributed by atoms with Gasteiger partial charge >= 0.3 is 0 Å². The molecular weight excluding hydrogens is 186 g/mol. The number of hydrogen-bond acceptors (Lipinski definition) is 1. The third-order valence-electron chi connectivity index (χ3n) is 2.71. The van der Waals surface area contributed by atoms with Gasteiger partial charge in [-0.05, 0) is 13.1 Å². The lowest BCUT2D eigenvalue weighted by atomic mass is 10.3. The van der Waals surface area contributed by atoms with E-state index in [9.17, 15) is 0 Å². The lowest BCUT2D eigenvalue weighted by Gasteiger charge is -2.29. The van der Waals surface area contributed by atoms with E-state index in [1.165, 1.54) is 19.5 Å². The monoisotopic (exact) mass is 213 g/mol. The molecule has 88 valence electrons. The molecule has 0 aliphatic carbocycles. The Morgan fingerprint density at radius 2 is 1.87 bits per heavy atom. The SMILES string of the molecule is C=C/[N+](=C\C)CCC[N+](C)(C)CCCN. The first kappa shape index (κ1) is 14.3. The maximum absolute atomic E-state index is 5.52. The Morgan fingerprint density at radius 3 is 2.33 bits per heavy atom. The van der Waals surface area contributed by atoms with E-state index < -0.39 is 0 Å². The van der Waals surface area contributed by atoms with E-state index in [0.717, 1.165) is 24.0 Å². The van der Waals surface area contributed by atoms with Gasteiger partial charge in [0.1, 0.15) is 6.21 Å². The molecule has 0 spiro atoms. The van der Waals surface area contributed by atoms with Gasteiger partial charge in [-0.25, -0.2) is 4.58 Å². The number of nitrogens with zero attached hydrogens (tertiary/aromatic N) is 2. The average molecular weight is 213 g/mol. The minimum absolute atomic E-state index is 0.795. The van der Waals surface area contributed by atoms with Crippen LogP contribution in [0.25, 0.3) is 0 Å². The van der Waals surface area contributed by atoms with Gasteiger partial charge < -0.3 is 10.2 Å². The number of nitrogens with two attached hydrogens (primary N) is 1. The van der Waals surface area contributed by atoms with Crippen molar-refractivity contribution in [3.63, 3.8) is 0 Å². The van der Waals surface area contributed by atoms with E-state index in [1.54, 1.807) is 0 Å². The van der Waals surface area contributed by atoms with Gasteiger partial charge in [-0.15, -0.1) is 0 Å². The van der Waals surface area contributed by atoms with E-state index in [2.05, 4.69) is 31.5 Å². The van der Waals surface area contributed by atoms with E-state index in [-0.39, 0.29) is 0 Å². The first-order valence-electron chi connectivity index (χ1n) is 5.75. The molecule has 0 fully saturated rings. The average Bonchev–Trinajstić information content (AvgIpc) is 2.22. The molecule has 0 saturated heterocycles. The van der Waals surface area contributed by atoms with Crippen molar-refractivity contribution in [3.8, 4) is 0 Å². The Bertz CT molecular complexity index is 207. The molecule has 0 aliphatic heterocycles. The van der Waals surface area contributed by atoms with Crippen LogP contribution in [0.4, 0.5) is 0 Å². The van der Waals surface area contributed by atoms with Gasteiger partial charge in [-0.2, -0.15) is 0 Å². The van der Waals surface area contributed by atoms with Crippen LogP contribution >= 0.6 is 0 Å². The molecular formula is C12H27N3+2. The van der Waals surface area contributed by atoms with Crippen LogP contribution in [0.2, 0.25) is 0 Å². The fraction of sp³-hybridized carbons (Fsp3) is 0.750. The zero-order valence-corrected chi connectivity index (χ0v) is 10.6. The van der Waals surface area contributed by atoms with Crippen LogP contribution in [0.5, 0.6) is 0 Å². The molecule has 3 nitrogen and oxygen atoms in total. The predicted octanol–water partition coefficient (Wildman–Crippen LogP) is 1.05. The van der Waals surface area contributed by atoms with Crippen molar-refractivity contribution < 1.29 is 9.06 Å². The Kier molecular flexibility index (Phi) is 7.26. The zero-order valence-electron chi connectivity index (χ0n) is 10.6. The van der Waals surface area contributed by atoms with Crippen LogP contribution in [-0.2, 0) is 0 Å². The summed E-state index contributed by atoms with van der Waals surface area (Å²) in [7, 11) is 4.53. The maximum Gasteiger partial charge on any atom is 0.161 e. The van der Waals surface area contributed by atoms with Crippen LogP contribution in [0.3, 0.4) is 0 Å². The van der Waals surface area contributed by atoms with Crippen molar-refractivity contribution in [2.75, 3.05) is 40.3 Å². The van der Waals surface area contributed by atoms with Gasteiger partial charge in [0.05, 0.1) is 33.6 Å². The predicted molar refractivity (Wildman–Crippen MR) is 67.2 cm³/mol. The second kappa shape index (κ2) is 7.60. The molecule has 0 saturated carbocycles. The third-order valence-corrected chi connectivity index (χ3v) is 2.71. The summed E-state index contributed by atoms with van der Waals surface area (Å²) in [5.41, 5.74) is 5.52. The van der Waals surface area contributed by atoms with Crippen LogP contribution < -0.4 is 5.73 Å². The normalized spacial score (nSPS) is 12.9. The molecule has 0 heterocycles. The van der Waals surface area contributed by atoms with Gasteiger partial charge in [-0.1, -0.05) is 0 Å². The Balaban J connectivity index is 3.78. The largest absolute Gasteiger partial charge is 0.330 e. The van der Waals surface area contributed by atoms with E-state index >= 15 is 0 Å². The van der Waals surface area contributed by atoms with Gasteiger partial charge in [0.2, 0.25) is 0 Å². The van der Waals surface area contributed by atoms with Crippen LogP contribution in [0, 0.1) is 0 Å². The highest BCUT2D eigenvalue weighted by molar-refractivity contribution is 5.47. The highest BCUT2D eigenvalue weighted by Crippen LogP contribution is 2.01. The van der Waals surface area contributed by atoms with Gasteiger partial charge in [-0.3, -0.25) is 0 Å². The molecule has 0 aliphatic rings. The minimum atomic E-state index is 0.795. The quantitative estimate of drug-likeness (QED) is 0.364. The summed E-state index contributed by atoms with van der Waals surface area (Å²) in [6.45, 7) is 10.0. The molecule has 0 radical (unpaired) electrons. The molecule has 0 aromatic heterocycles. The molecule has 0 unspecified atom stereocenters. The standard InChI is InChI=1S/C12H27N3/c1-5-14(6-2)10-8-12-15(3,4)11-7-9-13/h5-6H,1,7-13H2,2-4H3/q+2/b14-6+. The Hall–Kier alpha value is -0.670. The minimum Gasteiger partial charge on any atom is -0.330 e. The maximum atomic E-state index is 5.52. The molecule has 2 N–H and O–H groups in total. The summed E-state index contributed by atoms with van der Waals surface area (Å²) in [5, 5.41) is 0. The zero-order chi connectivity index (χ0) is 11.7. The van der Waals surface area contributed by atoms with Gasteiger partial charge in [0.25, 0.3) is 0 Å². The highest BCUT2D eigenvalue weighted by atomic mass is 15.3. The number of hydrogen-bond donors (Lipinski definition) is 1. The number of rotatable bonds is 8. The molecule has 0 rings (SSSR count). The van der Waals surface area contributed by atoms with Crippen molar-refractivity contribution in [1.82, 2.24) is 0 Å². The topological polar surface area (TPSA) is 29.0 Å². The molecule has 0 aromatic carbocycles. The first-order valence-corrected chi connectivity index (χ1v) is 5.75. The van der Waals surface area contributed by atoms with E-state index in [4.69, 9.17) is 5.73 Å². The summed E-state index contributed by atoms with van der Waals surface area (Å²) in [5.74, 6) is 0. The summed E-state index contributed by atoms with van der Waals surface area (Å²) < 4.78 is 3.19. The molecule has 15 heavy (non-hydrogen) atoms. The van der Waals surface area contributed by atoms with Crippen LogP contribution in [0.15, 0.2) is 12.8 Å². The summed E-state index contributed by atoms with van der Waals surface area (Å²) in [6, 6.07) is 0. The van der Waals surface area contributed by atoms with Crippen LogP contribution in [0.1, 0.15) is 19.8 Å². The van der Waals surface area contributed by atoms with Crippen molar-refractivity contribution in [3.05, 3.63) is 12.8 Å². The summed E-state index contributed by atoms with van der Waals surface area (Å²) in [6.07, 6.45) is 6.23. The molecule has 0 bridgehead atoms. The van der Waals surface area contributed by atoms with E-state index in [0.29, 0.717) is 0 Å². The molecule has 3 heteroatoms. The third kappa shape index (κ3) is 7.28. The number of quaternary nitrogens is 1. The molecule has 0 aromatic rings. The summed E-state index contributed by atoms with van der Waals surface area (Å²) >= 11 is 0. The highest BCUT2D eigenvalue weighted by Gasteiger charge is 2.14. The lowest BCUT2D eigenvalue weighted by Crippen LogP contribution is -2.42. The molecule has 0 atom stereocenters. The second-order valence-electron chi connectivity index (χ2n) is 4.56. The fourth-order valence-electron chi connectivity index (χ4n) is 1.64. The van der Waals surface area contributed by atoms with Gasteiger partial charge in [0, 0.05) is 13.3 Å².